The van der Waals surface area contributed by atoms with Crippen LogP contribution in [-0.2, 0) is 6.54 Å². The first-order valence-electron chi connectivity index (χ1n) is 6.19. The minimum atomic E-state index is -0.0908. The molecular formula is C14H13ClN2O2. The Morgan fingerprint density at radius 3 is 2.84 bits per heavy atom. The van der Waals surface area contributed by atoms with Gasteiger partial charge in [0.2, 0.25) is 5.22 Å². The summed E-state index contributed by atoms with van der Waals surface area (Å²) in [7, 11) is 0. The molecule has 4 nitrogen and oxygen atoms in total. The third kappa shape index (κ3) is 2.63. The van der Waals surface area contributed by atoms with Gasteiger partial charge in [-0.25, -0.2) is 0 Å². The highest BCUT2D eigenvalue weighted by molar-refractivity contribution is 6.32. The van der Waals surface area contributed by atoms with E-state index >= 15 is 0 Å². The number of hydrogen-bond donors (Lipinski definition) is 0. The molecule has 2 aromatic rings. The van der Waals surface area contributed by atoms with Gasteiger partial charge in [0.25, 0.3) is 5.91 Å². The second-order valence-electron chi connectivity index (χ2n) is 4.59. The van der Waals surface area contributed by atoms with Crippen molar-refractivity contribution in [3.8, 4) is 0 Å². The lowest BCUT2D eigenvalue weighted by Gasteiger charge is -2.21. The largest absolute Gasteiger partial charge is 0.452 e. The van der Waals surface area contributed by atoms with Gasteiger partial charge in [-0.3, -0.25) is 9.78 Å². The van der Waals surface area contributed by atoms with Crippen molar-refractivity contribution in [1.29, 1.82) is 0 Å². The topological polar surface area (TPSA) is 46.3 Å². The number of halogens is 1. The molecule has 19 heavy (non-hydrogen) atoms. The summed E-state index contributed by atoms with van der Waals surface area (Å²) in [4.78, 5) is 18.5. The van der Waals surface area contributed by atoms with Crippen LogP contribution in [0.4, 0.5) is 0 Å². The van der Waals surface area contributed by atoms with E-state index in [2.05, 4.69) is 4.98 Å². The molecule has 0 unspecified atom stereocenters. The lowest BCUT2D eigenvalue weighted by atomic mass is 10.2. The van der Waals surface area contributed by atoms with Gasteiger partial charge < -0.3 is 9.32 Å². The summed E-state index contributed by atoms with van der Waals surface area (Å²) >= 11 is 5.88. The fraction of sp³-hybridized carbons (Fsp3) is 0.286. The molecule has 1 aliphatic rings. The molecule has 1 aliphatic carbocycles. The number of furan rings is 1. The maximum Gasteiger partial charge on any atom is 0.259 e. The Hall–Kier alpha value is -1.81. The third-order valence-electron chi connectivity index (χ3n) is 3.16. The minimum Gasteiger partial charge on any atom is -0.452 e. The van der Waals surface area contributed by atoms with E-state index in [9.17, 15) is 4.79 Å². The van der Waals surface area contributed by atoms with Gasteiger partial charge >= 0.3 is 0 Å². The summed E-state index contributed by atoms with van der Waals surface area (Å²) in [6.45, 7) is 0.506. The second kappa shape index (κ2) is 5.05. The summed E-state index contributed by atoms with van der Waals surface area (Å²) in [6.07, 6.45) is 5.24. The van der Waals surface area contributed by atoms with Gasteiger partial charge in [-0.1, -0.05) is 6.07 Å². The maximum atomic E-state index is 12.5. The number of carbonyl (C=O) groups is 1. The van der Waals surface area contributed by atoms with E-state index < -0.39 is 0 Å². The zero-order valence-corrected chi connectivity index (χ0v) is 11.0. The lowest BCUT2D eigenvalue weighted by Crippen LogP contribution is -2.32. The van der Waals surface area contributed by atoms with Gasteiger partial charge in [-0.2, -0.15) is 0 Å². The van der Waals surface area contributed by atoms with Crippen LogP contribution in [0.2, 0.25) is 5.22 Å². The molecule has 0 aromatic carbocycles. The predicted molar refractivity (Wildman–Crippen MR) is 70.9 cm³/mol. The average molecular weight is 277 g/mol. The molecule has 3 rings (SSSR count). The molecular weight excluding hydrogens is 264 g/mol. The molecule has 0 aliphatic heterocycles. The first-order chi connectivity index (χ1) is 9.25. The van der Waals surface area contributed by atoms with Crippen LogP contribution in [0.3, 0.4) is 0 Å². The lowest BCUT2D eigenvalue weighted by molar-refractivity contribution is 0.0727. The first-order valence-corrected chi connectivity index (χ1v) is 6.57. The number of carbonyl (C=O) groups excluding carboxylic acids is 1. The molecule has 1 amide bonds. The summed E-state index contributed by atoms with van der Waals surface area (Å²) < 4.78 is 4.99. The summed E-state index contributed by atoms with van der Waals surface area (Å²) in [5, 5.41) is 0.150. The average Bonchev–Trinajstić information content (AvgIpc) is 3.18. The monoisotopic (exact) mass is 276 g/mol. The van der Waals surface area contributed by atoms with Gasteiger partial charge in [-0.15, -0.1) is 0 Å². The fourth-order valence-electron chi connectivity index (χ4n) is 2.02. The van der Waals surface area contributed by atoms with Crippen LogP contribution in [0.1, 0.15) is 28.9 Å². The molecule has 2 aromatic heterocycles. The molecule has 0 bridgehead atoms. The number of pyridine rings is 1. The maximum absolute atomic E-state index is 12.5. The molecule has 0 N–H and O–H groups in total. The molecule has 98 valence electrons. The van der Waals surface area contributed by atoms with Gasteiger partial charge in [0.1, 0.15) is 0 Å². The van der Waals surface area contributed by atoms with Crippen molar-refractivity contribution < 1.29 is 9.21 Å². The molecule has 2 heterocycles. The second-order valence-corrected chi connectivity index (χ2v) is 4.94. The van der Waals surface area contributed by atoms with Crippen LogP contribution >= 0.6 is 11.6 Å². The van der Waals surface area contributed by atoms with E-state index in [1.807, 2.05) is 23.1 Å². The van der Waals surface area contributed by atoms with Crippen LogP contribution in [0.5, 0.6) is 0 Å². The SMILES string of the molecule is O=C(c1ccoc1Cl)N(Cc1ccccn1)C1CC1. The van der Waals surface area contributed by atoms with Crippen molar-refractivity contribution in [2.75, 3.05) is 0 Å². The molecule has 0 radical (unpaired) electrons. The number of hydrogen-bond acceptors (Lipinski definition) is 3. The summed E-state index contributed by atoms with van der Waals surface area (Å²) in [5.41, 5.74) is 1.30. The van der Waals surface area contributed by atoms with Crippen LogP contribution in [0.15, 0.2) is 41.1 Å². The van der Waals surface area contributed by atoms with Crippen molar-refractivity contribution in [3.05, 3.63) is 53.2 Å². The standard InChI is InChI=1S/C14H13ClN2O2/c15-13-12(6-8-19-13)14(18)17(11-4-5-11)9-10-3-1-2-7-16-10/h1-3,6-8,11H,4-5,9H2. The zero-order chi connectivity index (χ0) is 13.2. The number of amides is 1. The van der Waals surface area contributed by atoms with Gasteiger partial charge in [0.05, 0.1) is 24.1 Å². The number of nitrogens with zero attached hydrogens (tertiary/aromatic N) is 2. The van der Waals surface area contributed by atoms with E-state index in [0.717, 1.165) is 18.5 Å². The zero-order valence-electron chi connectivity index (χ0n) is 10.3. The molecule has 1 fully saturated rings. The van der Waals surface area contributed by atoms with E-state index in [1.165, 1.54) is 6.26 Å². The Bertz CT molecular complexity index is 578. The molecule has 5 heteroatoms. The van der Waals surface area contributed by atoms with E-state index in [1.54, 1.807) is 12.3 Å². The highest BCUT2D eigenvalue weighted by Crippen LogP contribution is 2.31. The molecule has 0 atom stereocenters. The van der Waals surface area contributed by atoms with Crippen LogP contribution in [0, 0.1) is 0 Å². The van der Waals surface area contributed by atoms with E-state index in [4.69, 9.17) is 16.0 Å². The Labute approximate surface area is 116 Å². The quantitative estimate of drug-likeness (QED) is 0.862. The van der Waals surface area contributed by atoms with Crippen molar-refractivity contribution in [2.45, 2.75) is 25.4 Å². The number of rotatable bonds is 4. The highest BCUT2D eigenvalue weighted by atomic mass is 35.5. The first kappa shape index (κ1) is 12.2. The van der Waals surface area contributed by atoms with E-state index in [-0.39, 0.29) is 11.1 Å². The third-order valence-corrected chi connectivity index (χ3v) is 3.45. The molecule has 0 spiro atoms. The molecule has 0 saturated heterocycles. The Morgan fingerprint density at radius 1 is 1.42 bits per heavy atom. The smallest absolute Gasteiger partial charge is 0.259 e. The predicted octanol–water partition coefficient (Wildman–Crippen LogP) is 3.13. The van der Waals surface area contributed by atoms with Crippen LogP contribution in [-0.4, -0.2) is 21.8 Å². The normalized spacial score (nSPS) is 14.4. The minimum absolute atomic E-state index is 0.0908. The van der Waals surface area contributed by atoms with Crippen LogP contribution < -0.4 is 0 Å². The van der Waals surface area contributed by atoms with Crippen molar-refractivity contribution in [2.24, 2.45) is 0 Å². The van der Waals surface area contributed by atoms with Gasteiger partial charge in [0, 0.05) is 12.2 Å². The van der Waals surface area contributed by atoms with Crippen molar-refractivity contribution >= 4 is 17.5 Å². The molecule has 1 saturated carbocycles. The Morgan fingerprint density at radius 2 is 2.26 bits per heavy atom. The van der Waals surface area contributed by atoms with Crippen LogP contribution in [0.25, 0.3) is 0 Å². The van der Waals surface area contributed by atoms with Crippen molar-refractivity contribution in [3.63, 3.8) is 0 Å². The number of aromatic nitrogens is 1. The van der Waals surface area contributed by atoms with E-state index in [0.29, 0.717) is 18.2 Å². The van der Waals surface area contributed by atoms with Crippen molar-refractivity contribution in [1.82, 2.24) is 9.88 Å². The highest BCUT2D eigenvalue weighted by Gasteiger charge is 2.34. The summed E-state index contributed by atoms with van der Waals surface area (Å²) in [5.74, 6) is -0.0908. The summed E-state index contributed by atoms with van der Waals surface area (Å²) in [6, 6.07) is 7.60. The Balaban J connectivity index is 1.82. The fourth-order valence-corrected chi connectivity index (χ4v) is 2.22. The van der Waals surface area contributed by atoms with Gasteiger partial charge in [-0.05, 0) is 42.6 Å². The van der Waals surface area contributed by atoms with Gasteiger partial charge in [0.15, 0.2) is 0 Å². The Kier molecular flexibility index (Phi) is 3.25.